The second kappa shape index (κ2) is 9.78. The number of aliphatic imine (C=N–C) groups is 1. The van der Waals surface area contributed by atoms with E-state index in [1.54, 1.807) is 0 Å². The van der Waals surface area contributed by atoms with Gasteiger partial charge in [-0.05, 0) is 57.6 Å². The Bertz CT molecular complexity index is 538. The van der Waals surface area contributed by atoms with Crippen molar-refractivity contribution in [2.24, 2.45) is 10.7 Å². The predicted molar refractivity (Wildman–Crippen MR) is 107 cm³/mol. The van der Waals surface area contributed by atoms with Gasteiger partial charge in [-0.15, -0.1) is 0 Å². The number of hydrogen-bond donors (Lipinski definition) is 2. The van der Waals surface area contributed by atoms with Gasteiger partial charge in [-0.1, -0.05) is 38.1 Å². The highest BCUT2D eigenvalue weighted by atomic mass is 15.2. The van der Waals surface area contributed by atoms with Gasteiger partial charge in [0.05, 0.1) is 12.6 Å². The largest absolute Gasteiger partial charge is 0.370 e. The van der Waals surface area contributed by atoms with Crippen molar-refractivity contribution in [2.45, 2.75) is 45.2 Å². The molecule has 1 heterocycles. The fraction of sp³-hybridized carbons (Fsp3) is 0.650. The van der Waals surface area contributed by atoms with Crippen LogP contribution in [0.2, 0.25) is 0 Å². The lowest BCUT2D eigenvalue weighted by molar-refractivity contribution is 0.267. The van der Waals surface area contributed by atoms with Gasteiger partial charge in [0.1, 0.15) is 0 Å². The Morgan fingerprint density at radius 1 is 1.32 bits per heavy atom. The van der Waals surface area contributed by atoms with Crippen LogP contribution >= 0.6 is 0 Å². The summed E-state index contributed by atoms with van der Waals surface area (Å²) in [6.45, 7) is 8.27. The molecule has 0 radical (unpaired) electrons. The van der Waals surface area contributed by atoms with E-state index in [1.165, 1.54) is 30.5 Å². The lowest BCUT2D eigenvalue weighted by Gasteiger charge is -2.24. The Morgan fingerprint density at radius 3 is 2.64 bits per heavy atom. The third-order valence-corrected chi connectivity index (χ3v) is 5.25. The number of nitrogens with zero attached hydrogens (tertiary/aromatic N) is 3. The lowest BCUT2D eigenvalue weighted by Crippen LogP contribution is -2.43. The number of rotatable bonds is 8. The van der Waals surface area contributed by atoms with Crippen LogP contribution in [-0.2, 0) is 6.42 Å². The zero-order valence-corrected chi connectivity index (χ0v) is 16.3. The number of likely N-dealkylation sites (N-methyl/N-ethyl adjacent to an activating group) is 2. The molecule has 5 nitrogen and oxygen atoms in total. The molecule has 1 aromatic rings. The number of benzene rings is 1. The normalized spacial score (nSPS) is 20.2. The van der Waals surface area contributed by atoms with Gasteiger partial charge < -0.3 is 16.0 Å². The average molecular weight is 346 g/mol. The summed E-state index contributed by atoms with van der Waals surface area (Å²) in [6, 6.07) is 9.66. The highest BCUT2D eigenvalue weighted by Gasteiger charge is 2.22. The van der Waals surface area contributed by atoms with Gasteiger partial charge in [-0.2, -0.15) is 0 Å². The monoisotopic (exact) mass is 345 g/mol. The van der Waals surface area contributed by atoms with E-state index in [9.17, 15) is 0 Å². The first-order chi connectivity index (χ1) is 12.0. The molecule has 1 aliphatic rings. The minimum Gasteiger partial charge on any atom is -0.370 e. The fourth-order valence-electron chi connectivity index (χ4n) is 3.55. The molecule has 0 aromatic heterocycles. The van der Waals surface area contributed by atoms with Crippen molar-refractivity contribution in [3.63, 3.8) is 0 Å². The van der Waals surface area contributed by atoms with E-state index >= 15 is 0 Å². The molecule has 1 fully saturated rings. The summed E-state index contributed by atoms with van der Waals surface area (Å²) in [4.78, 5) is 9.31. The Labute approximate surface area is 153 Å². The molecular formula is C20H35N5. The number of aryl methyl sites for hydroxylation is 1. The van der Waals surface area contributed by atoms with Gasteiger partial charge in [-0.25, -0.2) is 0 Å². The maximum atomic E-state index is 6.11. The molecule has 0 amide bonds. The summed E-state index contributed by atoms with van der Waals surface area (Å²) >= 11 is 0. The fourth-order valence-corrected chi connectivity index (χ4v) is 3.55. The lowest BCUT2D eigenvalue weighted by atomic mass is 10.0. The molecular weight excluding hydrogens is 310 g/mol. The van der Waals surface area contributed by atoms with Crippen LogP contribution in [0.25, 0.3) is 0 Å². The SMILES string of the molecule is CCc1ccc(C(CN=C(N)NCC2CCCN2CC)N(C)C)cc1. The number of nitrogens with two attached hydrogens (primary N) is 1. The van der Waals surface area contributed by atoms with Gasteiger partial charge in [0.15, 0.2) is 5.96 Å². The van der Waals surface area contributed by atoms with Crippen molar-refractivity contribution in [1.82, 2.24) is 15.1 Å². The second-order valence-electron chi connectivity index (χ2n) is 7.11. The van der Waals surface area contributed by atoms with Crippen molar-refractivity contribution >= 4 is 5.96 Å². The molecule has 2 rings (SSSR count). The standard InChI is InChI=1S/C20H35N5/c1-5-16-9-11-17(12-10-16)19(24(3)4)15-23-20(21)22-14-18-8-7-13-25(18)6-2/h9-12,18-19H,5-8,13-15H2,1-4H3,(H3,21,22,23). The summed E-state index contributed by atoms with van der Waals surface area (Å²) in [5.41, 5.74) is 8.76. The number of nitrogens with one attached hydrogen (secondary N) is 1. The molecule has 0 spiro atoms. The molecule has 3 N–H and O–H groups in total. The summed E-state index contributed by atoms with van der Waals surface area (Å²) < 4.78 is 0. The third-order valence-electron chi connectivity index (χ3n) is 5.25. The van der Waals surface area contributed by atoms with E-state index in [4.69, 9.17) is 5.73 Å². The van der Waals surface area contributed by atoms with Crippen LogP contribution in [0.15, 0.2) is 29.3 Å². The first kappa shape index (κ1) is 19.7. The zero-order chi connectivity index (χ0) is 18.2. The Morgan fingerprint density at radius 2 is 2.04 bits per heavy atom. The predicted octanol–water partition coefficient (Wildman–Crippen LogP) is 2.24. The molecule has 25 heavy (non-hydrogen) atoms. The number of hydrogen-bond acceptors (Lipinski definition) is 3. The highest BCUT2D eigenvalue weighted by molar-refractivity contribution is 5.77. The Hall–Kier alpha value is -1.59. The van der Waals surface area contributed by atoms with Crippen LogP contribution in [0.5, 0.6) is 0 Å². The first-order valence-corrected chi connectivity index (χ1v) is 9.58. The summed E-state index contributed by atoms with van der Waals surface area (Å²) in [7, 11) is 4.18. The van der Waals surface area contributed by atoms with Gasteiger partial charge in [0.2, 0.25) is 0 Å². The van der Waals surface area contributed by atoms with Crippen molar-refractivity contribution < 1.29 is 0 Å². The number of likely N-dealkylation sites (tertiary alicyclic amines) is 1. The molecule has 0 bridgehead atoms. The first-order valence-electron chi connectivity index (χ1n) is 9.58. The maximum Gasteiger partial charge on any atom is 0.188 e. The van der Waals surface area contributed by atoms with Crippen LogP contribution in [-0.4, -0.2) is 62.1 Å². The molecule has 0 aliphatic carbocycles. The van der Waals surface area contributed by atoms with Crippen LogP contribution < -0.4 is 11.1 Å². The minimum absolute atomic E-state index is 0.241. The highest BCUT2D eigenvalue weighted by Crippen LogP contribution is 2.19. The van der Waals surface area contributed by atoms with Crippen molar-refractivity contribution in [1.29, 1.82) is 0 Å². The molecule has 1 aromatic carbocycles. The minimum atomic E-state index is 0.241. The maximum absolute atomic E-state index is 6.11. The van der Waals surface area contributed by atoms with Crippen molar-refractivity contribution in [2.75, 3.05) is 40.3 Å². The molecule has 0 saturated carbocycles. The van der Waals surface area contributed by atoms with Gasteiger partial charge in [0.25, 0.3) is 0 Å². The van der Waals surface area contributed by atoms with E-state index < -0.39 is 0 Å². The Kier molecular flexibility index (Phi) is 7.72. The molecule has 1 aliphatic heterocycles. The van der Waals surface area contributed by atoms with E-state index in [1.807, 2.05) is 0 Å². The summed E-state index contributed by atoms with van der Waals surface area (Å²) in [5.74, 6) is 0.556. The molecule has 5 heteroatoms. The van der Waals surface area contributed by atoms with Crippen LogP contribution in [0.4, 0.5) is 0 Å². The zero-order valence-electron chi connectivity index (χ0n) is 16.3. The topological polar surface area (TPSA) is 56.9 Å². The molecule has 2 unspecified atom stereocenters. The summed E-state index contributed by atoms with van der Waals surface area (Å²) in [6.07, 6.45) is 3.60. The second-order valence-corrected chi connectivity index (χ2v) is 7.11. The van der Waals surface area contributed by atoms with Crippen LogP contribution in [0, 0.1) is 0 Å². The van der Waals surface area contributed by atoms with Crippen molar-refractivity contribution in [3.05, 3.63) is 35.4 Å². The quantitative estimate of drug-likeness (QED) is 0.560. The molecule has 2 atom stereocenters. The van der Waals surface area contributed by atoms with E-state index in [0.717, 1.165) is 19.5 Å². The van der Waals surface area contributed by atoms with Crippen LogP contribution in [0.3, 0.4) is 0 Å². The van der Waals surface area contributed by atoms with E-state index in [2.05, 4.69) is 72.3 Å². The van der Waals surface area contributed by atoms with Crippen LogP contribution in [0.1, 0.15) is 43.9 Å². The van der Waals surface area contributed by atoms with E-state index in [0.29, 0.717) is 18.5 Å². The third kappa shape index (κ3) is 5.72. The van der Waals surface area contributed by atoms with Gasteiger partial charge >= 0.3 is 0 Å². The smallest absolute Gasteiger partial charge is 0.188 e. The molecule has 140 valence electrons. The number of guanidine groups is 1. The summed E-state index contributed by atoms with van der Waals surface area (Å²) in [5, 5.41) is 3.32. The van der Waals surface area contributed by atoms with Gasteiger partial charge in [0, 0.05) is 12.6 Å². The average Bonchev–Trinajstić information content (AvgIpc) is 3.08. The van der Waals surface area contributed by atoms with Gasteiger partial charge in [-0.3, -0.25) is 9.89 Å². The Balaban J connectivity index is 1.91. The van der Waals surface area contributed by atoms with Crippen molar-refractivity contribution in [3.8, 4) is 0 Å². The molecule has 1 saturated heterocycles. The van der Waals surface area contributed by atoms with E-state index in [-0.39, 0.29) is 6.04 Å².